The van der Waals surface area contributed by atoms with E-state index < -0.39 is 64.6 Å². The summed E-state index contributed by atoms with van der Waals surface area (Å²) in [6, 6.07) is 0. The summed E-state index contributed by atoms with van der Waals surface area (Å²) >= 11 is 0. The lowest BCUT2D eigenvalue weighted by Crippen LogP contribution is -2.66. The van der Waals surface area contributed by atoms with Gasteiger partial charge in [0.15, 0.2) is 23.2 Å². The van der Waals surface area contributed by atoms with E-state index in [0.29, 0.717) is 29.9 Å². The maximum absolute atomic E-state index is 15.0. The number of ketones is 1. The van der Waals surface area contributed by atoms with Crippen LogP contribution in [0.15, 0.2) is 27.8 Å². The first-order valence-corrected chi connectivity index (χ1v) is 17.1. The smallest absolute Gasteiger partial charge is 0.344 e. The molecule has 2 bridgehead atoms. The van der Waals surface area contributed by atoms with Gasteiger partial charge < -0.3 is 29.3 Å². The van der Waals surface area contributed by atoms with Crippen LogP contribution in [-0.2, 0) is 31.9 Å². The molecule has 0 unspecified atom stereocenters. The molecule has 2 fully saturated rings. The summed E-state index contributed by atoms with van der Waals surface area (Å²) in [6.07, 6.45) is 6.37. The Balaban J connectivity index is 1.55. The number of allylic oxidation sites excluding steroid dienone is 1. The third-order valence-corrected chi connectivity index (χ3v) is 11.7. The van der Waals surface area contributed by atoms with Gasteiger partial charge in [0.25, 0.3) is 0 Å². The van der Waals surface area contributed by atoms with Crippen molar-refractivity contribution in [1.82, 2.24) is 5.16 Å². The monoisotopic (exact) mass is 641 g/mol. The van der Waals surface area contributed by atoms with Gasteiger partial charge in [-0.15, -0.1) is 0 Å². The maximum atomic E-state index is 15.0. The number of fused-ring (bicyclic) bond motifs is 3. The number of aliphatic hydroxyl groups excluding tert-OH is 2. The van der Waals surface area contributed by atoms with E-state index in [0.717, 1.165) is 32.1 Å². The van der Waals surface area contributed by atoms with E-state index in [1.165, 1.54) is 0 Å². The number of esters is 2. The topological polar surface area (TPSA) is 156 Å². The van der Waals surface area contributed by atoms with Crippen LogP contribution in [0.2, 0.25) is 0 Å². The number of Topliss-reactive ketones (excluding diaryl/α,β-unsaturated/α-hetero) is 1. The Morgan fingerprint density at radius 2 is 1.80 bits per heavy atom. The third kappa shape index (κ3) is 4.76. The predicted molar refractivity (Wildman–Crippen MR) is 169 cm³/mol. The highest BCUT2D eigenvalue weighted by Crippen LogP contribution is 2.75. The van der Waals surface area contributed by atoms with Crippen molar-refractivity contribution >= 4 is 17.7 Å². The Labute approximate surface area is 271 Å². The Morgan fingerprint density at radius 1 is 1.11 bits per heavy atom. The van der Waals surface area contributed by atoms with E-state index in [2.05, 4.69) is 12.1 Å². The van der Waals surface area contributed by atoms with Gasteiger partial charge in [0, 0.05) is 30.1 Å². The minimum atomic E-state index is -2.34. The number of aliphatic hydroxyl groups is 3. The molecule has 4 aliphatic carbocycles. The number of hydrogen-bond acceptors (Lipinski definition) is 10. The van der Waals surface area contributed by atoms with E-state index in [9.17, 15) is 29.7 Å². The van der Waals surface area contributed by atoms with Crippen molar-refractivity contribution in [2.24, 2.45) is 28.6 Å². The summed E-state index contributed by atoms with van der Waals surface area (Å²) in [5.41, 5.74) is -4.53. The number of hydrogen-bond donors (Lipinski definition) is 3. The summed E-state index contributed by atoms with van der Waals surface area (Å²) in [7, 11) is 0. The first kappa shape index (κ1) is 34.5. The number of ether oxygens (including phenoxy) is 2. The molecule has 1 heterocycles. The Hall–Kier alpha value is -2.82. The van der Waals surface area contributed by atoms with Crippen molar-refractivity contribution in [3.63, 3.8) is 0 Å². The molecule has 10 heteroatoms. The van der Waals surface area contributed by atoms with Gasteiger partial charge in [-0.25, -0.2) is 4.79 Å². The molecule has 254 valence electrons. The molecule has 0 aliphatic heterocycles. The number of aryl methyl sites for hydroxylation is 2. The molecular weight excluding hydrogens is 590 g/mol. The van der Waals surface area contributed by atoms with Crippen LogP contribution in [0.1, 0.15) is 115 Å². The van der Waals surface area contributed by atoms with Crippen molar-refractivity contribution in [3.8, 4) is 0 Å². The van der Waals surface area contributed by atoms with Crippen LogP contribution in [0.5, 0.6) is 0 Å². The number of rotatable bonds is 12. The second kappa shape index (κ2) is 12.3. The maximum Gasteiger partial charge on any atom is 0.344 e. The quantitative estimate of drug-likeness (QED) is 0.164. The van der Waals surface area contributed by atoms with E-state index in [-0.39, 0.29) is 35.7 Å². The minimum Gasteiger partial charge on any atom is -0.458 e. The number of unbranched alkanes of at least 4 members (excludes halogenated alkanes) is 4. The fourth-order valence-electron chi connectivity index (χ4n) is 9.26. The molecule has 1 aromatic heterocycles. The molecule has 5 rings (SSSR count). The molecule has 0 amide bonds. The van der Waals surface area contributed by atoms with Crippen molar-refractivity contribution in [2.45, 2.75) is 130 Å². The normalized spacial score (nSPS) is 35.7. The number of carbonyl (C=O) groups is 3. The lowest BCUT2D eigenvalue weighted by molar-refractivity contribution is -0.192. The zero-order valence-electron chi connectivity index (χ0n) is 28.4. The Morgan fingerprint density at radius 3 is 2.43 bits per heavy atom. The third-order valence-electron chi connectivity index (χ3n) is 11.7. The first-order valence-electron chi connectivity index (χ1n) is 17.1. The van der Waals surface area contributed by atoms with Crippen LogP contribution in [0.3, 0.4) is 0 Å². The van der Waals surface area contributed by atoms with E-state index in [1.807, 2.05) is 34.6 Å². The van der Waals surface area contributed by atoms with E-state index >= 15 is 0 Å². The predicted octanol–water partition coefficient (Wildman–Crippen LogP) is 4.82. The number of aromatic nitrogens is 1. The highest BCUT2D eigenvalue weighted by atomic mass is 16.6. The molecule has 0 radical (unpaired) electrons. The average molecular weight is 642 g/mol. The highest BCUT2D eigenvalue weighted by Gasteiger charge is 2.83. The molecule has 1 spiro atoms. The molecule has 3 N–H and O–H groups in total. The molecule has 0 saturated heterocycles. The fraction of sp³-hybridized carbons (Fsp3) is 0.722. The largest absolute Gasteiger partial charge is 0.458 e. The van der Waals surface area contributed by atoms with Crippen molar-refractivity contribution < 1.29 is 43.7 Å². The van der Waals surface area contributed by atoms with Gasteiger partial charge in [-0.1, -0.05) is 84.5 Å². The van der Waals surface area contributed by atoms with Crippen LogP contribution in [0.25, 0.3) is 0 Å². The van der Waals surface area contributed by atoms with E-state index in [4.69, 9.17) is 14.0 Å². The zero-order chi connectivity index (χ0) is 33.8. The van der Waals surface area contributed by atoms with Crippen molar-refractivity contribution in [3.05, 3.63) is 40.3 Å². The first-order chi connectivity index (χ1) is 21.7. The van der Waals surface area contributed by atoms with Gasteiger partial charge in [0.2, 0.25) is 0 Å². The summed E-state index contributed by atoms with van der Waals surface area (Å²) in [6.45, 7) is 12.6. The SMILES string of the molecule is CCCCCCCC(=O)O[C@@]12C[C@@H](C)[C@]34C=C(C)[C@H](OC(=O)c5c(CC)noc5CC)[C@@]3(O)[C@H](O)C(CO)=C[C@H](C4=O)[C@@H]1C2(C)C. The van der Waals surface area contributed by atoms with Gasteiger partial charge in [-0.2, -0.15) is 0 Å². The summed E-state index contributed by atoms with van der Waals surface area (Å²) in [5, 5.41) is 39.3. The molecule has 0 aromatic carbocycles. The minimum absolute atomic E-state index is 0.0632. The second-order valence-corrected chi connectivity index (χ2v) is 14.5. The lowest BCUT2D eigenvalue weighted by Gasteiger charge is -2.49. The Kier molecular flexibility index (Phi) is 9.25. The highest BCUT2D eigenvalue weighted by molar-refractivity contribution is 5.97. The van der Waals surface area contributed by atoms with Gasteiger partial charge in [0.1, 0.15) is 17.3 Å². The van der Waals surface area contributed by atoms with Gasteiger partial charge in [0.05, 0.1) is 17.7 Å². The molecule has 1 aromatic rings. The molecule has 8 atom stereocenters. The standard InChI is InChI=1S/C36H51NO9/c1-8-11-12-13-14-15-26(39)45-35-18-21(5)34-17-20(4)31(44-32(42)27-24(9-2)37-46-25(27)10-3)36(34,43)29(40)22(19-38)16-23(30(34)41)28(35)33(35,6)7/h16-17,21,23,28-29,31,38,40,43H,8-15,18-19H2,1-7H3/t21-,23+,28-,29-,31+,34+,35+,36+/m1/s1. The summed E-state index contributed by atoms with van der Waals surface area (Å²) < 4.78 is 17.8. The number of nitrogens with zero attached hydrogens (tertiary/aromatic N) is 1. The molecule has 10 nitrogen and oxygen atoms in total. The van der Waals surface area contributed by atoms with Crippen LogP contribution < -0.4 is 0 Å². The summed E-state index contributed by atoms with van der Waals surface area (Å²) in [4.78, 5) is 42.0. The van der Waals surface area contributed by atoms with E-state index in [1.54, 1.807) is 19.1 Å². The Bertz CT molecular complexity index is 1420. The lowest BCUT2D eigenvalue weighted by atomic mass is 9.59. The summed E-state index contributed by atoms with van der Waals surface area (Å²) in [5.74, 6) is -3.01. The zero-order valence-corrected chi connectivity index (χ0v) is 28.4. The fourth-order valence-corrected chi connectivity index (χ4v) is 9.26. The van der Waals surface area contributed by atoms with Crippen molar-refractivity contribution in [1.29, 1.82) is 0 Å². The van der Waals surface area contributed by atoms with Gasteiger partial charge in [-0.3, -0.25) is 9.59 Å². The van der Waals surface area contributed by atoms with Crippen LogP contribution in [-0.4, -0.2) is 68.2 Å². The molecular formula is C36H51NO9. The average Bonchev–Trinajstić information content (AvgIpc) is 3.27. The molecule has 46 heavy (non-hydrogen) atoms. The van der Waals surface area contributed by atoms with Crippen LogP contribution in [0.4, 0.5) is 0 Å². The second-order valence-electron chi connectivity index (χ2n) is 14.5. The van der Waals surface area contributed by atoms with Crippen LogP contribution >= 0.6 is 0 Å². The number of carbonyl (C=O) groups excluding carboxylic acids is 3. The molecule has 2 saturated carbocycles. The van der Waals surface area contributed by atoms with Crippen LogP contribution in [0, 0.1) is 28.6 Å². The van der Waals surface area contributed by atoms with Gasteiger partial charge >= 0.3 is 11.9 Å². The molecule has 4 aliphatic rings. The van der Waals surface area contributed by atoms with Gasteiger partial charge in [-0.05, 0) is 43.3 Å². The van der Waals surface area contributed by atoms with Crippen molar-refractivity contribution in [2.75, 3.05) is 6.61 Å².